The Morgan fingerprint density at radius 2 is 1.11 bits per heavy atom. The minimum absolute atomic E-state index is 0.0357. The molecule has 0 atom stereocenters. The van der Waals surface area contributed by atoms with Crippen LogP contribution in [0.15, 0.2) is 58.3 Å². The van der Waals surface area contributed by atoms with Crippen LogP contribution >= 0.6 is 0 Å². The largest absolute Gasteiger partial charge is 0.488 e. The van der Waals surface area contributed by atoms with Crippen molar-refractivity contribution in [1.82, 2.24) is 4.72 Å². The van der Waals surface area contributed by atoms with E-state index in [-0.39, 0.29) is 26.5 Å². The molecule has 0 heterocycles. The molecule has 0 aliphatic heterocycles. The monoisotopic (exact) mass is 429 g/mol. The molecule has 0 radical (unpaired) electrons. The first-order valence-electron chi connectivity index (χ1n) is 8.03. The molecule has 0 aliphatic rings. The van der Waals surface area contributed by atoms with Gasteiger partial charge in [0.15, 0.2) is 9.84 Å². The SMILES string of the molecule is CCS(=O)(=O)c1ccc(B(O)O)cc1.CNS(=O)(=O)c1ccc(B(O)O)cc1. The lowest BCUT2D eigenvalue weighted by atomic mass is 9.81. The molecular formula is C15H21B2NO8S2. The van der Waals surface area contributed by atoms with E-state index in [1.54, 1.807) is 6.92 Å². The molecule has 2 aromatic rings. The van der Waals surface area contributed by atoms with Crippen LogP contribution in [0.4, 0.5) is 0 Å². The summed E-state index contributed by atoms with van der Waals surface area (Å²) in [5, 5.41) is 35.1. The first-order valence-corrected chi connectivity index (χ1v) is 11.2. The van der Waals surface area contributed by atoms with Gasteiger partial charge in [0.2, 0.25) is 10.0 Å². The molecule has 2 aromatic carbocycles. The average molecular weight is 429 g/mol. The highest BCUT2D eigenvalue weighted by Crippen LogP contribution is 2.08. The predicted molar refractivity (Wildman–Crippen MR) is 107 cm³/mol. The van der Waals surface area contributed by atoms with Gasteiger partial charge in [-0.1, -0.05) is 31.2 Å². The molecule has 0 bridgehead atoms. The van der Waals surface area contributed by atoms with Crippen LogP contribution in [0.5, 0.6) is 0 Å². The second-order valence-corrected chi connectivity index (χ2v) is 9.66. The van der Waals surface area contributed by atoms with Crippen molar-refractivity contribution in [3.63, 3.8) is 0 Å². The van der Waals surface area contributed by atoms with Gasteiger partial charge in [-0.25, -0.2) is 21.6 Å². The average Bonchev–Trinajstić information content (AvgIpc) is 2.68. The molecule has 9 nitrogen and oxygen atoms in total. The molecule has 0 fully saturated rings. The van der Waals surface area contributed by atoms with Gasteiger partial charge in [-0.3, -0.25) is 0 Å². The van der Waals surface area contributed by atoms with E-state index in [0.29, 0.717) is 0 Å². The van der Waals surface area contributed by atoms with Crippen LogP contribution in [0, 0.1) is 0 Å². The highest BCUT2D eigenvalue weighted by molar-refractivity contribution is 7.91. The first-order chi connectivity index (χ1) is 12.9. The number of hydrogen-bond acceptors (Lipinski definition) is 8. The summed E-state index contributed by atoms with van der Waals surface area (Å²) in [7, 11) is -8.49. The maximum absolute atomic E-state index is 11.4. The molecule has 0 unspecified atom stereocenters. The van der Waals surface area contributed by atoms with Gasteiger partial charge < -0.3 is 20.1 Å². The van der Waals surface area contributed by atoms with E-state index in [9.17, 15) is 16.8 Å². The molecule has 152 valence electrons. The molecule has 0 saturated carbocycles. The molecule has 0 spiro atoms. The van der Waals surface area contributed by atoms with Gasteiger partial charge in [0, 0.05) is 0 Å². The van der Waals surface area contributed by atoms with Gasteiger partial charge in [-0.05, 0) is 42.2 Å². The van der Waals surface area contributed by atoms with Crippen LogP contribution in [-0.2, 0) is 19.9 Å². The molecule has 28 heavy (non-hydrogen) atoms. The van der Waals surface area contributed by atoms with E-state index in [1.165, 1.54) is 55.6 Å². The molecule has 5 N–H and O–H groups in total. The number of hydrogen-bond donors (Lipinski definition) is 5. The lowest BCUT2D eigenvalue weighted by Crippen LogP contribution is -2.30. The smallest absolute Gasteiger partial charge is 0.423 e. The van der Waals surface area contributed by atoms with Crippen LogP contribution in [-0.4, -0.2) is 64.0 Å². The Kier molecular flexibility index (Phi) is 8.82. The number of sulfonamides is 1. The van der Waals surface area contributed by atoms with Crippen molar-refractivity contribution in [3.05, 3.63) is 48.5 Å². The van der Waals surface area contributed by atoms with Crippen molar-refractivity contribution in [2.24, 2.45) is 0 Å². The lowest BCUT2D eigenvalue weighted by molar-refractivity contribution is 0.424. The van der Waals surface area contributed by atoms with Crippen LogP contribution in [0.3, 0.4) is 0 Å². The van der Waals surface area contributed by atoms with Crippen LogP contribution < -0.4 is 15.6 Å². The van der Waals surface area contributed by atoms with Gasteiger partial charge in [-0.15, -0.1) is 0 Å². The number of benzene rings is 2. The topological polar surface area (TPSA) is 161 Å². The molecular weight excluding hydrogens is 408 g/mol. The summed E-state index contributed by atoms with van der Waals surface area (Å²) in [5.74, 6) is 0.0357. The summed E-state index contributed by atoms with van der Waals surface area (Å²) in [6.07, 6.45) is 0. The molecule has 0 aromatic heterocycles. The second kappa shape index (κ2) is 10.2. The number of nitrogens with one attached hydrogen (secondary N) is 1. The van der Waals surface area contributed by atoms with Gasteiger partial charge in [0.25, 0.3) is 0 Å². The van der Waals surface area contributed by atoms with Crippen LogP contribution in [0.1, 0.15) is 6.92 Å². The Hall–Kier alpha value is -1.73. The molecule has 2 rings (SSSR count). The Bertz CT molecular complexity index is 879. The van der Waals surface area contributed by atoms with Crippen molar-refractivity contribution < 1.29 is 36.9 Å². The summed E-state index contributed by atoms with van der Waals surface area (Å²) < 4.78 is 47.4. The maximum atomic E-state index is 11.4. The van der Waals surface area contributed by atoms with Crippen molar-refractivity contribution in [2.75, 3.05) is 12.8 Å². The highest BCUT2D eigenvalue weighted by Gasteiger charge is 2.15. The van der Waals surface area contributed by atoms with E-state index in [4.69, 9.17) is 20.1 Å². The highest BCUT2D eigenvalue weighted by atomic mass is 32.2. The van der Waals surface area contributed by atoms with Gasteiger partial charge >= 0.3 is 14.2 Å². The normalized spacial score (nSPS) is 11.4. The summed E-state index contributed by atoms with van der Waals surface area (Å²) in [4.78, 5) is 0.286. The Morgan fingerprint density at radius 1 is 0.750 bits per heavy atom. The Balaban J connectivity index is 0.000000280. The third kappa shape index (κ3) is 6.71. The summed E-state index contributed by atoms with van der Waals surface area (Å²) in [6, 6.07) is 10.8. The summed E-state index contributed by atoms with van der Waals surface area (Å²) >= 11 is 0. The van der Waals surface area contributed by atoms with Crippen LogP contribution in [0.2, 0.25) is 0 Å². The van der Waals surface area contributed by atoms with Crippen molar-refractivity contribution in [2.45, 2.75) is 16.7 Å². The number of rotatable bonds is 6. The standard InChI is InChI=1S/C8H11BO4S.C7H10BNO4S/c1-2-14(12,13)8-5-3-7(4-6-8)9(10)11;1-9-14(12,13)7-4-2-6(3-5-7)8(10)11/h3-6,10-11H,2H2,1H3;2-5,9-11H,1H3. The maximum Gasteiger partial charge on any atom is 0.488 e. The third-order valence-electron chi connectivity index (χ3n) is 3.67. The molecule has 13 heteroatoms. The zero-order chi connectivity index (χ0) is 21.5. The van der Waals surface area contributed by atoms with Gasteiger partial charge in [-0.2, -0.15) is 0 Å². The van der Waals surface area contributed by atoms with E-state index >= 15 is 0 Å². The third-order valence-corrected chi connectivity index (χ3v) is 6.86. The van der Waals surface area contributed by atoms with E-state index in [1.807, 2.05) is 0 Å². The van der Waals surface area contributed by atoms with E-state index < -0.39 is 34.1 Å². The summed E-state index contributed by atoms with van der Waals surface area (Å²) in [6.45, 7) is 1.56. The minimum atomic E-state index is -3.45. The van der Waals surface area contributed by atoms with E-state index in [0.717, 1.165) is 0 Å². The summed E-state index contributed by atoms with van der Waals surface area (Å²) in [5.41, 5.74) is 0.528. The minimum Gasteiger partial charge on any atom is -0.423 e. The van der Waals surface area contributed by atoms with Crippen molar-refractivity contribution in [3.8, 4) is 0 Å². The van der Waals surface area contributed by atoms with Gasteiger partial charge in [0.05, 0.1) is 15.5 Å². The fourth-order valence-corrected chi connectivity index (χ4v) is 3.57. The fourth-order valence-electron chi connectivity index (χ4n) is 1.95. The quantitative estimate of drug-likeness (QED) is 0.314. The van der Waals surface area contributed by atoms with E-state index in [2.05, 4.69) is 4.72 Å². The number of sulfone groups is 1. The predicted octanol–water partition coefficient (Wildman–Crippen LogP) is -2.57. The second-order valence-electron chi connectivity index (χ2n) is 5.50. The van der Waals surface area contributed by atoms with Crippen molar-refractivity contribution in [1.29, 1.82) is 0 Å². The lowest BCUT2D eigenvalue weighted by Gasteiger charge is -2.03. The van der Waals surface area contributed by atoms with Crippen molar-refractivity contribution >= 4 is 45.0 Å². The Morgan fingerprint density at radius 3 is 1.39 bits per heavy atom. The zero-order valence-corrected chi connectivity index (χ0v) is 16.9. The molecule has 0 aliphatic carbocycles. The van der Waals surface area contributed by atoms with Crippen LogP contribution in [0.25, 0.3) is 0 Å². The fraction of sp³-hybridized carbons (Fsp3) is 0.200. The first kappa shape index (κ1) is 24.3. The molecule has 0 saturated heterocycles. The van der Waals surface area contributed by atoms with Gasteiger partial charge in [0.1, 0.15) is 0 Å². The zero-order valence-electron chi connectivity index (χ0n) is 15.2. The molecule has 0 amide bonds. The Labute approximate surface area is 164 Å².